The van der Waals surface area contributed by atoms with Crippen LogP contribution in [-0.4, -0.2) is 11.7 Å². The van der Waals surface area contributed by atoms with Crippen LogP contribution in [0.2, 0.25) is 5.02 Å². The molecule has 1 N–H and O–H groups in total. The Kier molecular flexibility index (Phi) is 4.56. The molecule has 0 saturated carbocycles. The molecule has 0 spiro atoms. The van der Waals surface area contributed by atoms with Crippen molar-refractivity contribution in [1.82, 2.24) is 0 Å². The Bertz CT molecular complexity index is 597. The van der Waals surface area contributed by atoms with Gasteiger partial charge in [-0.2, -0.15) is 0 Å². The Morgan fingerprint density at radius 2 is 1.90 bits per heavy atom. The number of aromatic hydroxyl groups is 1. The number of phenolic OH excluding ortho intramolecular Hbond substituents is 1. The number of benzene rings is 2. The lowest BCUT2D eigenvalue weighted by Gasteiger charge is -2.32. The maximum Gasteiger partial charge on any atom is 0.120 e. The van der Waals surface area contributed by atoms with Gasteiger partial charge in [0.1, 0.15) is 5.75 Å². The summed E-state index contributed by atoms with van der Waals surface area (Å²) in [5.41, 5.74) is 3.26. The number of halogens is 1. The molecule has 2 rings (SSSR count). The first-order valence-electron chi connectivity index (χ1n) is 6.85. The molecule has 3 heteroatoms. The van der Waals surface area contributed by atoms with Gasteiger partial charge in [-0.25, -0.2) is 0 Å². The van der Waals surface area contributed by atoms with E-state index in [9.17, 15) is 5.11 Å². The summed E-state index contributed by atoms with van der Waals surface area (Å²) in [6, 6.07) is 13.5. The molecule has 0 saturated heterocycles. The van der Waals surface area contributed by atoms with E-state index >= 15 is 0 Å². The highest BCUT2D eigenvalue weighted by Crippen LogP contribution is 2.34. The van der Waals surface area contributed by atoms with Gasteiger partial charge in [-0.3, -0.25) is 0 Å². The van der Waals surface area contributed by atoms with Crippen molar-refractivity contribution >= 4 is 17.3 Å². The van der Waals surface area contributed by atoms with Crippen molar-refractivity contribution in [2.24, 2.45) is 0 Å². The molecule has 0 radical (unpaired) electrons. The van der Waals surface area contributed by atoms with Crippen molar-refractivity contribution in [3.8, 4) is 5.75 Å². The molecular formula is C17H20ClNO. The molecular weight excluding hydrogens is 270 g/mol. The summed E-state index contributed by atoms with van der Waals surface area (Å²) in [4.78, 5) is 2.26. The van der Waals surface area contributed by atoms with Gasteiger partial charge in [0.2, 0.25) is 0 Å². The van der Waals surface area contributed by atoms with E-state index in [4.69, 9.17) is 11.6 Å². The lowest BCUT2D eigenvalue weighted by Crippen LogP contribution is -2.27. The van der Waals surface area contributed by atoms with E-state index in [0.29, 0.717) is 5.02 Å². The average molecular weight is 290 g/mol. The van der Waals surface area contributed by atoms with E-state index in [0.717, 1.165) is 12.1 Å². The third-order valence-electron chi connectivity index (χ3n) is 3.67. The molecule has 0 heterocycles. The second-order valence-electron chi connectivity index (χ2n) is 4.95. The van der Waals surface area contributed by atoms with Gasteiger partial charge in [-0.05, 0) is 50.6 Å². The largest absolute Gasteiger partial charge is 0.508 e. The Balaban J connectivity index is 2.41. The molecule has 0 aliphatic carbocycles. The van der Waals surface area contributed by atoms with Gasteiger partial charge in [0.15, 0.2) is 0 Å². The van der Waals surface area contributed by atoms with E-state index in [1.54, 1.807) is 12.1 Å². The third kappa shape index (κ3) is 2.91. The number of para-hydroxylation sites is 1. The normalized spacial score (nSPS) is 12.2. The zero-order valence-corrected chi connectivity index (χ0v) is 12.9. The fraction of sp³-hybridized carbons (Fsp3) is 0.294. The van der Waals surface area contributed by atoms with Gasteiger partial charge in [-0.15, -0.1) is 0 Å². The van der Waals surface area contributed by atoms with E-state index in [1.807, 2.05) is 18.2 Å². The first-order valence-corrected chi connectivity index (χ1v) is 7.23. The highest BCUT2D eigenvalue weighted by Gasteiger charge is 2.19. The molecule has 0 aromatic heterocycles. The summed E-state index contributed by atoms with van der Waals surface area (Å²) in [5, 5.41) is 10.7. The van der Waals surface area contributed by atoms with Crippen molar-refractivity contribution in [1.29, 1.82) is 0 Å². The molecule has 0 fully saturated rings. The van der Waals surface area contributed by atoms with Gasteiger partial charge < -0.3 is 10.0 Å². The monoisotopic (exact) mass is 289 g/mol. The van der Waals surface area contributed by atoms with Crippen LogP contribution >= 0.6 is 11.6 Å². The summed E-state index contributed by atoms with van der Waals surface area (Å²) in [6.45, 7) is 7.16. The highest BCUT2D eigenvalue weighted by atomic mass is 35.5. The van der Waals surface area contributed by atoms with Crippen molar-refractivity contribution in [2.45, 2.75) is 26.8 Å². The van der Waals surface area contributed by atoms with E-state index < -0.39 is 0 Å². The number of hydrogen-bond donors (Lipinski definition) is 1. The van der Waals surface area contributed by atoms with Crippen LogP contribution in [-0.2, 0) is 0 Å². The lowest BCUT2D eigenvalue weighted by atomic mass is 10.0. The molecule has 1 unspecified atom stereocenters. The first-order chi connectivity index (χ1) is 9.54. The number of rotatable bonds is 4. The smallest absolute Gasteiger partial charge is 0.120 e. The molecule has 20 heavy (non-hydrogen) atoms. The fourth-order valence-electron chi connectivity index (χ4n) is 2.57. The quantitative estimate of drug-likeness (QED) is 0.861. The molecule has 0 amide bonds. The summed E-state index contributed by atoms with van der Waals surface area (Å²) in [5.74, 6) is 0.286. The number of hydrogen-bond acceptors (Lipinski definition) is 2. The fourth-order valence-corrected chi connectivity index (χ4v) is 2.75. The number of nitrogens with zero attached hydrogens (tertiary/aromatic N) is 1. The van der Waals surface area contributed by atoms with Crippen LogP contribution in [0.4, 0.5) is 5.69 Å². The number of anilines is 1. The first kappa shape index (κ1) is 14.7. The molecule has 0 aliphatic heterocycles. The predicted molar refractivity (Wildman–Crippen MR) is 85.7 cm³/mol. The average Bonchev–Trinajstić information content (AvgIpc) is 2.44. The molecule has 0 bridgehead atoms. The Morgan fingerprint density at radius 3 is 2.55 bits per heavy atom. The SMILES string of the molecule is CCN(c1ccccc1C)C(C)c1cc(Cl)ccc1O. The van der Waals surface area contributed by atoms with Gasteiger partial charge in [0.05, 0.1) is 6.04 Å². The van der Waals surface area contributed by atoms with Crippen LogP contribution in [0.3, 0.4) is 0 Å². The molecule has 2 aromatic rings. The van der Waals surface area contributed by atoms with Crippen LogP contribution in [0.15, 0.2) is 42.5 Å². The summed E-state index contributed by atoms with van der Waals surface area (Å²) >= 11 is 6.06. The lowest BCUT2D eigenvalue weighted by molar-refractivity contribution is 0.461. The van der Waals surface area contributed by atoms with E-state index in [2.05, 4.69) is 37.8 Å². The predicted octanol–water partition coefficient (Wildman–Crippen LogP) is 4.94. The molecule has 0 aliphatic rings. The maximum atomic E-state index is 10.1. The van der Waals surface area contributed by atoms with E-state index in [1.165, 1.54) is 11.3 Å². The van der Waals surface area contributed by atoms with Crippen molar-refractivity contribution in [3.05, 3.63) is 58.6 Å². The van der Waals surface area contributed by atoms with Crippen molar-refractivity contribution in [2.75, 3.05) is 11.4 Å². The second-order valence-corrected chi connectivity index (χ2v) is 5.39. The van der Waals surface area contributed by atoms with Crippen LogP contribution in [0.1, 0.15) is 31.0 Å². The minimum Gasteiger partial charge on any atom is -0.508 e. The van der Waals surface area contributed by atoms with Gasteiger partial charge in [0.25, 0.3) is 0 Å². The zero-order valence-electron chi connectivity index (χ0n) is 12.1. The molecule has 2 aromatic carbocycles. The van der Waals surface area contributed by atoms with Crippen LogP contribution in [0.25, 0.3) is 0 Å². The van der Waals surface area contributed by atoms with Gasteiger partial charge >= 0.3 is 0 Å². The Morgan fingerprint density at radius 1 is 1.20 bits per heavy atom. The topological polar surface area (TPSA) is 23.5 Å². The summed E-state index contributed by atoms with van der Waals surface area (Å²) < 4.78 is 0. The highest BCUT2D eigenvalue weighted by molar-refractivity contribution is 6.30. The minimum atomic E-state index is 0.0554. The molecule has 2 nitrogen and oxygen atoms in total. The summed E-state index contributed by atoms with van der Waals surface area (Å²) in [7, 11) is 0. The van der Waals surface area contributed by atoms with E-state index in [-0.39, 0.29) is 11.8 Å². The van der Waals surface area contributed by atoms with Crippen molar-refractivity contribution in [3.63, 3.8) is 0 Å². The van der Waals surface area contributed by atoms with Crippen molar-refractivity contribution < 1.29 is 5.11 Å². The van der Waals surface area contributed by atoms with Gasteiger partial charge in [0, 0.05) is 22.8 Å². The molecule has 106 valence electrons. The maximum absolute atomic E-state index is 10.1. The number of phenols is 1. The third-order valence-corrected chi connectivity index (χ3v) is 3.91. The zero-order chi connectivity index (χ0) is 14.7. The van der Waals surface area contributed by atoms with Crippen LogP contribution < -0.4 is 4.90 Å². The summed E-state index contributed by atoms with van der Waals surface area (Å²) in [6.07, 6.45) is 0. The van der Waals surface area contributed by atoms with Gasteiger partial charge in [-0.1, -0.05) is 29.8 Å². The minimum absolute atomic E-state index is 0.0554. The van der Waals surface area contributed by atoms with Crippen LogP contribution in [0.5, 0.6) is 5.75 Å². The second kappa shape index (κ2) is 6.19. The standard InChI is InChI=1S/C17H20ClNO/c1-4-19(16-8-6-5-7-12(16)2)13(3)15-11-14(18)9-10-17(15)20/h5-11,13,20H,4H2,1-3H3. The number of aryl methyl sites for hydroxylation is 1. The Hall–Kier alpha value is -1.67. The van der Waals surface area contributed by atoms with Crippen LogP contribution in [0, 0.1) is 6.92 Å². The Labute approximate surface area is 125 Å². The molecule has 1 atom stereocenters.